The van der Waals surface area contributed by atoms with Gasteiger partial charge in [0, 0.05) is 50.8 Å². The lowest BCUT2D eigenvalue weighted by Crippen LogP contribution is -2.41. The van der Waals surface area contributed by atoms with E-state index in [1.54, 1.807) is 12.4 Å². The molecule has 1 saturated heterocycles. The number of amides is 1. The maximum Gasteiger partial charge on any atom is 0.220 e. The molecule has 0 unspecified atom stereocenters. The Morgan fingerprint density at radius 2 is 2.00 bits per heavy atom. The SMILES string of the molecule is CC[C@H]1CN(Cc2ccncc2)CC[C@H]1CC(=O)NCc1cccnc1. The Morgan fingerprint density at radius 3 is 2.73 bits per heavy atom. The van der Waals surface area contributed by atoms with Crippen molar-refractivity contribution in [3.05, 3.63) is 60.2 Å². The molecule has 2 atom stereocenters. The molecule has 0 bridgehead atoms. The smallest absolute Gasteiger partial charge is 0.220 e. The van der Waals surface area contributed by atoms with Gasteiger partial charge in [-0.3, -0.25) is 19.7 Å². The quantitative estimate of drug-likeness (QED) is 0.832. The number of hydrogen-bond acceptors (Lipinski definition) is 4. The molecule has 1 N–H and O–H groups in total. The number of carbonyl (C=O) groups is 1. The highest BCUT2D eigenvalue weighted by Crippen LogP contribution is 2.29. The highest BCUT2D eigenvalue weighted by atomic mass is 16.1. The lowest BCUT2D eigenvalue weighted by molar-refractivity contribution is -0.123. The van der Waals surface area contributed by atoms with Gasteiger partial charge in [-0.05, 0) is 54.1 Å². The van der Waals surface area contributed by atoms with Crippen LogP contribution in [0.3, 0.4) is 0 Å². The zero-order chi connectivity index (χ0) is 18.2. The Kier molecular flexibility index (Phi) is 6.72. The number of aromatic nitrogens is 2. The third-order valence-corrected chi connectivity index (χ3v) is 5.32. The predicted molar refractivity (Wildman–Crippen MR) is 102 cm³/mol. The molecule has 5 heteroatoms. The Morgan fingerprint density at radius 1 is 1.15 bits per heavy atom. The molecule has 1 fully saturated rings. The van der Waals surface area contributed by atoms with Crippen LogP contribution in [0.25, 0.3) is 0 Å². The normalized spacial score (nSPS) is 20.7. The Labute approximate surface area is 155 Å². The second-order valence-corrected chi connectivity index (χ2v) is 7.15. The zero-order valence-electron chi connectivity index (χ0n) is 15.5. The maximum atomic E-state index is 12.4. The van der Waals surface area contributed by atoms with Crippen molar-refractivity contribution in [2.45, 2.75) is 39.3 Å². The summed E-state index contributed by atoms with van der Waals surface area (Å²) in [6, 6.07) is 8.05. The molecular formula is C21H28N4O. The average molecular weight is 352 g/mol. The number of rotatable bonds is 7. The summed E-state index contributed by atoms with van der Waals surface area (Å²) in [5.41, 5.74) is 2.35. The van der Waals surface area contributed by atoms with Crippen LogP contribution in [0.2, 0.25) is 0 Å². The Balaban J connectivity index is 1.47. The summed E-state index contributed by atoms with van der Waals surface area (Å²) < 4.78 is 0. The lowest BCUT2D eigenvalue weighted by atomic mass is 9.81. The number of nitrogens with one attached hydrogen (secondary N) is 1. The molecule has 138 valence electrons. The molecule has 3 rings (SSSR count). The minimum Gasteiger partial charge on any atom is -0.352 e. The van der Waals surface area contributed by atoms with Crippen molar-refractivity contribution in [2.75, 3.05) is 13.1 Å². The predicted octanol–water partition coefficient (Wildman–Crippen LogP) is 3.03. The van der Waals surface area contributed by atoms with Crippen molar-refractivity contribution >= 4 is 5.91 Å². The molecule has 5 nitrogen and oxygen atoms in total. The zero-order valence-corrected chi connectivity index (χ0v) is 15.5. The van der Waals surface area contributed by atoms with E-state index in [9.17, 15) is 4.79 Å². The van der Waals surface area contributed by atoms with Crippen LogP contribution in [-0.4, -0.2) is 33.9 Å². The van der Waals surface area contributed by atoms with Crippen molar-refractivity contribution in [3.8, 4) is 0 Å². The molecule has 0 radical (unpaired) electrons. The van der Waals surface area contributed by atoms with E-state index < -0.39 is 0 Å². The lowest BCUT2D eigenvalue weighted by Gasteiger charge is -2.38. The van der Waals surface area contributed by atoms with Crippen molar-refractivity contribution < 1.29 is 4.79 Å². The number of carbonyl (C=O) groups excluding carboxylic acids is 1. The fourth-order valence-corrected chi connectivity index (χ4v) is 3.79. The van der Waals surface area contributed by atoms with Crippen LogP contribution in [0.15, 0.2) is 49.1 Å². The van der Waals surface area contributed by atoms with Gasteiger partial charge in [0.25, 0.3) is 0 Å². The average Bonchev–Trinajstić information content (AvgIpc) is 2.69. The van der Waals surface area contributed by atoms with Crippen LogP contribution in [0.5, 0.6) is 0 Å². The van der Waals surface area contributed by atoms with E-state index >= 15 is 0 Å². The molecule has 1 aliphatic heterocycles. The Bertz CT molecular complexity index is 677. The molecule has 26 heavy (non-hydrogen) atoms. The molecule has 0 aromatic carbocycles. The van der Waals surface area contributed by atoms with Gasteiger partial charge in [-0.15, -0.1) is 0 Å². The van der Waals surface area contributed by atoms with Crippen LogP contribution in [0, 0.1) is 11.8 Å². The van der Waals surface area contributed by atoms with E-state index in [0.29, 0.717) is 24.8 Å². The summed E-state index contributed by atoms with van der Waals surface area (Å²) >= 11 is 0. The number of nitrogens with zero attached hydrogens (tertiary/aromatic N) is 3. The molecule has 2 aromatic heterocycles. The number of piperidine rings is 1. The molecule has 2 aromatic rings. The third kappa shape index (κ3) is 5.36. The summed E-state index contributed by atoms with van der Waals surface area (Å²) in [5.74, 6) is 1.21. The van der Waals surface area contributed by atoms with E-state index in [0.717, 1.165) is 38.0 Å². The fourth-order valence-electron chi connectivity index (χ4n) is 3.79. The van der Waals surface area contributed by atoms with E-state index in [4.69, 9.17) is 0 Å². The van der Waals surface area contributed by atoms with Crippen molar-refractivity contribution in [3.63, 3.8) is 0 Å². The van der Waals surface area contributed by atoms with E-state index in [2.05, 4.69) is 39.2 Å². The first-order chi connectivity index (χ1) is 12.7. The summed E-state index contributed by atoms with van der Waals surface area (Å²) in [5, 5.41) is 3.04. The highest BCUT2D eigenvalue weighted by molar-refractivity contribution is 5.76. The standard InChI is InChI=1S/C21H28N4O/c1-2-19-16-25(15-17-5-9-22-10-6-17)11-7-20(19)12-21(26)24-14-18-4-3-8-23-13-18/h3-6,8-10,13,19-20H,2,7,11-12,14-16H2,1H3,(H,24,26)/t19-,20-/m0/s1. The summed E-state index contributed by atoms with van der Waals surface area (Å²) in [4.78, 5) is 23.0. The summed E-state index contributed by atoms with van der Waals surface area (Å²) in [6.45, 7) is 5.89. The van der Waals surface area contributed by atoms with Crippen molar-refractivity contribution in [1.29, 1.82) is 0 Å². The van der Waals surface area contributed by atoms with Gasteiger partial charge >= 0.3 is 0 Å². The second kappa shape index (κ2) is 9.43. The van der Waals surface area contributed by atoms with Gasteiger partial charge in [-0.1, -0.05) is 19.4 Å². The number of hydrogen-bond donors (Lipinski definition) is 1. The largest absolute Gasteiger partial charge is 0.352 e. The minimum atomic E-state index is 0.153. The van der Waals surface area contributed by atoms with Gasteiger partial charge < -0.3 is 5.32 Å². The van der Waals surface area contributed by atoms with Crippen LogP contribution in [-0.2, 0) is 17.9 Å². The molecule has 0 spiro atoms. The third-order valence-electron chi connectivity index (χ3n) is 5.32. The van der Waals surface area contributed by atoms with Gasteiger partial charge in [-0.25, -0.2) is 0 Å². The van der Waals surface area contributed by atoms with Crippen LogP contribution < -0.4 is 5.32 Å². The van der Waals surface area contributed by atoms with Gasteiger partial charge in [0.1, 0.15) is 0 Å². The fraction of sp³-hybridized carbons (Fsp3) is 0.476. The van der Waals surface area contributed by atoms with Gasteiger partial charge in [0.05, 0.1) is 0 Å². The summed E-state index contributed by atoms with van der Waals surface area (Å²) in [7, 11) is 0. The van der Waals surface area contributed by atoms with Crippen molar-refractivity contribution in [1.82, 2.24) is 20.2 Å². The second-order valence-electron chi connectivity index (χ2n) is 7.15. The topological polar surface area (TPSA) is 58.1 Å². The maximum absolute atomic E-state index is 12.4. The van der Waals surface area contributed by atoms with Gasteiger partial charge in [-0.2, -0.15) is 0 Å². The van der Waals surface area contributed by atoms with Crippen LogP contribution >= 0.6 is 0 Å². The molecule has 1 aliphatic rings. The van der Waals surface area contributed by atoms with Crippen LogP contribution in [0.4, 0.5) is 0 Å². The molecule has 0 saturated carbocycles. The van der Waals surface area contributed by atoms with Gasteiger partial charge in [0.15, 0.2) is 0 Å². The first-order valence-electron chi connectivity index (χ1n) is 9.51. The van der Waals surface area contributed by atoms with E-state index in [1.807, 2.05) is 24.5 Å². The van der Waals surface area contributed by atoms with Gasteiger partial charge in [0.2, 0.25) is 5.91 Å². The monoisotopic (exact) mass is 352 g/mol. The first-order valence-corrected chi connectivity index (χ1v) is 9.51. The molecule has 1 amide bonds. The number of likely N-dealkylation sites (tertiary alicyclic amines) is 1. The van der Waals surface area contributed by atoms with E-state index in [-0.39, 0.29) is 5.91 Å². The Hall–Kier alpha value is -2.27. The first kappa shape index (κ1) is 18.5. The van der Waals surface area contributed by atoms with Crippen LogP contribution in [0.1, 0.15) is 37.3 Å². The van der Waals surface area contributed by atoms with E-state index in [1.165, 1.54) is 5.56 Å². The molecule has 3 heterocycles. The summed E-state index contributed by atoms with van der Waals surface area (Å²) in [6.07, 6.45) is 10.1. The number of pyridine rings is 2. The molecular weight excluding hydrogens is 324 g/mol. The highest BCUT2D eigenvalue weighted by Gasteiger charge is 2.29. The minimum absolute atomic E-state index is 0.153. The molecule has 0 aliphatic carbocycles. The van der Waals surface area contributed by atoms with Crippen molar-refractivity contribution in [2.24, 2.45) is 11.8 Å².